The Morgan fingerprint density at radius 1 is 1.35 bits per heavy atom. The number of amides is 1. The SMILES string of the molecule is COc1ccc2cccc3c2c1CC[C@@H]3CNC(C)=O. The summed E-state index contributed by atoms with van der Waals surface area (Å²) in [6.07, 6.45) is 2.05. The molecule has 0 fully saturated rings. The molecule has 3 rings (SSSR count). The summed E-state index contributed by atoms with van der Waals surface area (Å²) < 4.78 is 5.50. The number of hydrogen-bond donors (Lipinski definition) is 1. The van der Waals surface area contributed by atoms with Crippen LogP contribution in [-0.2, 0) is 11.2 Å². The third-order valence-electron chi connectivity index (χ3n) is 4.14. The van der Waals surface area contributed by atoms with Gasteiger partial charge in [-0.2, -0.15) is 0 Å². The number of nitrogens with one attached hydrogen (secondary N) is 1. The van der Waals surface area contributed by atoms with E-state index in [2.05, 4.69) is 35.6 Å². The Balaban J connectivity index is 2.09. The van der Waals surface area contributed by atoms with Crippen LogP contribution in [0.4, 0.5) is 0 Å². The first kappa shape index (κ1) is 13.0. The quantitative estimate of drug-likeness (QED) is 0.930. The van der Waals surface area contributed by atoms with Gasteiger partial charge in [-0.1, -0.05) is 24.3 Å². The van der Waals surface area contributed by atoms with E-state index in [0.717, 1.165) is 18.6 Å². The Morgan fingerprint density at radius 3 is 2.95 bits per heavy atom. The van der Waals surface area contributed by atoms with Gasteiger partial charge in [0.15, 0.2) is 0 Å². The highest BCUT2D eigenvalue weighted by Crippen LogP contribution is 2.40. The number of methoxy groups -OCH3 is 1. The second-order valence-electron chi connectivity index (χ2n) is 5.36. The van der Waals surface area contributed by atoms with Gasteiger partial charge in [-0.15, -0.1) is 0 Å². The van der Waals surface area contributed by atoms with Crippen molar-refractivity contribution in [2.45, 2.75) is 25.7 Å². The van der Waals surface area contributed by atoms with Crippen LogP contribution in [0.1, 0.15) is 30.4 Å². The molecule has 0 radical (unpaired) electrons. The molecule has 1 atom stereocenters. The molecule has 1 N–H and O–H groups in total. The lowest BCUT2D eigenvalue weighted by Crippen LogP contribution is -2.27. The Labute approximate surface area is 118 Å². The lowest BCUT2D eigenvalue weighted by Gasteiger charge is -2.27. The van der Waals surface area contributed by atoms with Crippen molar-refractivity contribution in [3.05, 3.63) is 41.5 Å². The number of benzene rings is 2. The van der Waals surface area contributed by atoms with Crippen molar-refractivity contribution in [2.24, 2.45) is 0 Å². The van der Waals surface area contributed by atoms with Crippen LogP contribution < -0.4 is 10.1 Å². The van der Waals surface area contributed by atoms with Crippen LogP contribution in [-0.4, -0.2) is 19.6 Å². The van der Waals surface area contributed by atoms with Crippen LogP contribution in [0.15, 0.2) is 30.3 Å². The van der Waals surface area contributed by atoms with Gasteiger partial charge in [0.1, 0.15) is 5.75 Å². The third kappa shape index (κ3) is 2.13. The van der Waals surface area contributed by atoms with Crippen LogP contribution in [0, 0.1) is 0 Å². The van der Waals surface area contributed by atoms with E-state index in [0.29, 0.717) is 12.5 Å². The summed E-state index contributed by atoms with van der Waals surface area (Å²) in [5.41, 5.74) is 2.64. The zero-order valence-corrected chi connectivity index (χ0v) is 11.9. The van der Waals surface area contributed by atoms with Gasteiger partial charge in [-0.3, -0.25) is 4.79 Å². The first-order chi connectivity index (χ1) is 9.70. The molecule has 0 saturated heterocycles. The fourth-order valence-electron chi connectivity index (χ4n) is 3.20. The van der Waals surface area contributed by atoms with E-state index in [4.69, 9.17) is 4.74 Å². The summed E-state index contributed by atoms with van der Waals surface area (Å²) in [5.74, 6) is 1.40. The van der Waals surface area contributed by atoms with Gasteiger partial charge in [0.25, 0.3) is 0 Å². The molecule has 104 valence electrons. The van der Waals surface area contributed by atoms with Crippen LogP contribution in [0.25, 0.3) is 10.8 Å². The second kappa shape index (κ2) is 5.16. The Kier molecular flexibility index (Phi) is 3.35. The number of carbonyl (C=O) groups is 1. The molecule has 1 aliphatic carbocycles. The van der Waals surface area contributed by atoms with Gasteiger partial charge in [-0.25, -0.2) is 0 Å². The molecule has 3 nitrogen and oxygen atoms in total. The first-order valence-corrected chi connectivity index (χ1v) is 7.03. The van der Waals surface area contributed by atoms with E-state index < -0.39 is 0 Å². The maximum Gasteiger partial charge on any atom is 0.216 e. The second-order valence-corrected chi connectivity index (χ2v) is 5.36. The predicted molar refractivity (Wildman–Crippen MR) is 80.2 cm³/mol. The molecule has 3 heteroatoms. The van der Waals surface area contributed by atoms with Gasteiger partial charge in [-0.05, 0) is 35.2 Å². The molecular weight excluding hydrogens is 250 g/mol. The third-order valence-corrected chi connectivity index (χ3v) is 4.14. The monoisotopic (exact) mass is 269 g/mol. The van der Waals surface area contributed by atoms with E-state index in [1.54, 1.807) is 14.0 Å². The summed E-state index contributed by atoms with van der Waals surface area (Å²) >= 11 is 0. The smallest absolute Gasteiger partial charge is 0.216 e. The predicted octanol–water partition coefficient (Wildman–Crippen LogP) is 3.01. The van der Waals surface area contributed by atoms with Gasteiger partial charge < -0.3 is 10.1 Å². The van der Waals surface area contributed by atoms with Gasteiger partial charge in [0, 0.05) is 24.9 Å². The average Bonchev–Trinajstić information content (AvgIpc) is 2.47. The first-order valence-electron chi connectivity index (χ1n) is 7.03. The lowest BCUT2D eigenvalue weighted by atomic mass is 9.81. The van der Waals surface area contributed by atoms with E-state index in [-0.39, 0.29) is 5.91 Å². The summed E-state index contributed by atoms with van der Waals surface area (Å²) in [6, 6.07) is 10.6. The Bertz CT molecular complexity index is 663. The van der Waals surface area contributed by atoms with Crippen molar-refractivity contribution >= 4 is 16.7 Å². The van der Waals surface area contributed by atoms with Crippen LogP contribution >= 0.6 is 0 Å². The molecule has 0 aliphatic heterocycles. The van der Waals surface area contributed by atoms with Crippen LogP contribution in [0.5, 0.6) is 5.75 Å². The zero-order chi connectivity index (χ0) is 14.1. The van der Waals surface area contributed by atoms with Crippen molar-refractivity contribution in [1.82, 2.24) is 5.32 Å². The zero-order valence-electron chi connectivity index (χ0n) is 11.9. The van der Waals surface area contributed by atoms with Crippen molar-refractivity contribution < 1.29 is 9.53 Å². The van der Waals surface area contributed by atoms with Crippen molar-refractivity contribution in [1.29, 1.82) is 0 Å². The number of ether oxygens (including phenoxy) is 1. The lowest BCUT2D eigenvalue weighted by molar-refractivity contribution is -0.119. The number of carbonyl (C=O) groups excluding carboxylic acids is 1. The Morgan fingerprint density at radius 2 is 2.20 bits per heavy atom. The molecule has 1 aliphatic rings. The minimum atomic E-state index is 0.0358. The van der Waals surface area contributed by atoms with Crippen LogP contribution in [0.2, 0.25) is 0 Å². The summed E-state index contributed by atoms with van der Waals surface area (Å²) in [7, 11) is 1.73. The number of aryl methyl sites for hydroxylation is 1. The van der Waals surface area contributed by atoms with Crippen LogP contribution in [0.3, 0.4) is 0 Å². The summed E-state index contributed by atoms with van der Waals surface area (Å²) in [4.78, 5) is 11.1. The molecular formula is C17H19NO2. The van der Waals surface area contributed by atoms with Gasteiger partial charge in [0.2, 0.25) is 5.91 Å². The highest BCUT2D eigenvalue weighted by Gasteiger charge is 2.23. The molecule has 0 spiro atoms. The molecule has 0 aromatic heterocycles. The summed E-state index contributed by atoms with van der Waals surface area (Å²) in [6.45, 7) is 2.28. The highest BCUT2D eigenvalue weighted by atomic mass is 16.5. The minimum Gasteiger partial charge on any atom is -0.496 e. The van der Waals surface area contributed by atoms with Crippen molar-refractivity contribution in [2.75, 3.05) is 13.7 Å². The molecule has 2 aromatic carbocycles. The normalized spacial score (nSPS) is 17.0. The number of hydrogen-bond acceptors (Lipinski definition) is 2. The fraction of sp³-hybridized carbons (Fsp3) is 0.353. The van der Waals surface area contributed by atoms with E-state index >= 15 is 0 Å². The average molecular weight is 269 g/mol. The molecule has 0 bridgehead atoms. The molecule has 0 saturated carbocycles. The van der Waals surface area contributed by atoms with E-state index in [9.17, 15) is 4.79 Å². The fourth-order valence-corrected chi connectivity index (χ4v) is 3.20. The molecule has 0 heterocycles. The topological polar surface area (TPSA) is 38.3 Å². The Hall–Kier alpha value is -2.03. The minimum absolute atomic E-state index is 0.0358. The number of rotatable bonds is 3. The van der Waals surface area contributed by atoms with Crippen molar-refractivity contribution in [3.8, 4) is 5.75 Å². The van der Waals surface area contributed by atoms with Crippen molar-refractivity contribution in [3.63, 3.8) is 0 Å². The molecule has 20 heavy (non-hydrogen) atoms. The highest BCUT2D eigenvalue weighted by molar-refractivity contribution is 5.92. The van der Waals surface area contributed by atoms with E-state index in [1.807, 2.05) is 0 Å². The summed E-state index contributed by atoms with van der Waals surface area (Å²) in [5, 5.41) is 5.52. The maximum atomic E-state index is 11.1. The largest absolute Gasteiger partial charge is 0.496 e. The van der Waals surface area contributed by atoms with E-state index in [1.165, 1.54) is 21.9 Å². The molecule has 0 unspecified atom stereocenters. The molecule has 2 aromatic rings. The molecule has 1 amide bonds. The standard InChI is InChI=1S/C17H19NO2/c1-11(19)18-10-13-6-8-15-16(20-2)9-7-12-4-3-5-14(13)17(12)15/h3-5,7,9,13H,6,8,10H2,1-2H3,(H,18,19)/t13-/m1/s1. The van der Waals surface area contributed by atoms with Gasteiger partial charge in [0.05, 0.1) is 7.11 Å². The van der Waals surface area contributed by atoms with Gasteiger partial charge >= 0.3 is 0 Å². The maximum absolute atomic E-state index is 11.1.